The van der Waals surface area contributed by atoms with Gasteiger partial charge in [-0.15, -0.1) is 0 Å². The molecule has 19 heavy (non-hydrogen) atoms. The van der Waals surface area contributed by atoms with Crippen molar-refractivity contribution in [1.29, 1.82) is 0 Å². The van der Waals surface area contributed by atoms with Crippen LogP contribution in [0.4, 0.5) is 5.82 Å². The molecule has 2 aromatic rings. The molecule has 1 aromatic carbocycles. The van der Waals surface area contributed by atoms with Gasteiger partial charge >= 0.3 is 0 Å². The van der Waals surface area contributed by atoms with E-state index in [-0.39, 0.29) is 0 Å². The number of fused-ring (bicyclic) bond motifs is 1. The number of thioether (sulfide) groups is 1. The Morgan fingerprint density at radius 3 is 3.00 bits per heavy atom. The molecule has 3 rings (SSSR count). The molecule has 0 amide bonds. The lowest BCUT2D eigenvalue weighted by Crippen LogP contribution is -2.27. The number of para-hydroxylation sites is 1. The van der Waals surface area contributed by atoms with Crippen molar-refractivity contribution < 1.29 is 0 Å². The van der Waals surface area contributed by atoms with Crippen LogP contribution in [-0.4, -0.2) is 27.0 Å². The van der Waals surface area contributed by atoms with E-state index >= 15 is 0 Å². The summed E-state index contributed by atoms with van der Waals surface area (Å²) in [6.07, 6.45) is 2.55. The molecule has 0 aliphatic carbocycles. The highest BCUT2D eigenvalue weighted by molar-refractivity contribution is 8.00. The lowest BCUT2D eigenvalue weighted by Gasteiger charge is -2.23. The first-order chi connectivity index (χ1) is 9.16. The molecule has 1 unspecified atom stereocenters. The average molecular weight is 294 g/mol. The van der Waals surface area contributed by atoms with E-state index in [0.29, 0.717) is 10.0 Å². The normalized spacial score (nSPS) is 22.8. The van der Waals surface area contributed by atoms with E-state index in [1.807, 2.05) is 36.0 Å². The first-order valence-corrected chi connectivity index (χ1v) is 7.83. The van der Waals surface area contributed by atoms with Gasteiger partial charge in [-0.05, 0) is 49.3 Å². The van der Waals surface area contributed by atoms with Gasteiger partial charge in [-0.25, -0.2) is 9.97 Å². The van der Waals surface area contributed by atoms with Crippen molar-refractivity contribution >= 4 is 40.1 Å². The van der Waals surface area contributed by atoms with Crippen LogP contribution in [0.25, 0.3) is 10.9 Å². The molecule has 1 aliphatic heterocycles. The number of hydrogen-bond donors (Lipinski definition) is 1. The molecule has 0 spiro atoms. The van der Waals surface area contributed by atoms with Crippen LogP contribution in [0.3, 0.4) is 0 Å². The minimum atomic E-state index is 0.297. The van der Waals surface area contributed by atoms with Gasteiger partial charge in [0, 0.05) is 16.7 Å². The van der Waals surface area contributed by atoms with Crippen LogP contribution < -0.4 is 5.32 Å². The predicted molar refractivity (Wildman–Crippen MR) is 83.1 cm³/mol. The third-order valence-electron chi connectivity index (χ3n) is 3.51. The van der Waals surface area contributed by atoms with Crippen LogP contribution in [0.2, 0.25) is 5.28 Å². The van der Waals surface area contributed by atoms with Crippen LogP contribution in [0.1, 0.15) is 19.8 Å². The summed E-state index contributed by atoms with van der Waals surface area (Å²) >= 11 is 8.02. The van der Waals surface area contributed by atoms with Gasteiger partial charge in [0.2, 0.25) is 5.28 Å². The topological polar surface area (TPSA) is 37.8 Å². The molecular weight excluding hydrogens is 278 g/mol. The molecule has 1 saturated heterocycles. The second-order valence-electron chi connectivity index (χ2n) is 5.11. The lowest BCUT2D eigenvalue weighted by molar-refractivity contribution is 0.634. The summed E-state index contributed by atoms with van der Waals surface area (Å²) in [6, 6.07) is 7.94. The Labute approximate surface area is 122 Å². The van der Waals surface area contributed by atoms with E-state index in [1.54, 1.807) is 0 Å². The largest absolute Gasteiger partial charge is 0.368 e. The predicted octanol–water partition coefficient (Wildman–Crippen LogP) is 3.98. The molecule has 0 radical (unpaired) electrons. The Kier molecular flexibility index (Phi) is 3.54. The SMILES string of the molecule is CC1(CNc2nc(Cl)nc3ccccc23)CCCS1. The molecule has 1 aliphatic rings. The van der Waals surface area contributed by atoms with Crippen molar-refractivity contribution in [2.24, 2.45) is 0 Å². The molecule has 1 N–H and O–H groups in total. The molecule has 1 fully saturated rings. The summed E-state index contributed by atoms with van der Waals surface area (Å²) in [6.45, 7) is 3.22. The zero-order valence-corrected chi connectivity index (χ0v) is 12.4. The zero-order chi connectivity index (χ0) is 13.3. The van der Waals surface area contributed by atoms with Crippen molar-refractivity contribution in [3.8, 4) is 0 Å². The summed E-state index contributed by atoms with van der Waals surface area (Å²) < 4.78 is 0.304. The first kappa shape index (κ1) is 13.0. The number of nitrogens with one attached hydrogen (secondary N) is 1. The first-order valence-electron chi connectivity index (χ1n) is 6.46. The minimum Gasteiger partial charge on any atom is -0.368 e. The second-order valence-corrected chi connectivity index (χ2v) is 7.13. The van der Waals surface area contributed by atoms with E-state index in [4.69, 9.17) is 11.6 Å². The monoisotopic (exact) mass is 293 g/mol. The average Bonchev–Trinajstić information content (AvgIpc) is 2.83. The number of halogens is 1. The Balaban J connectivity index is 1.87. The molecule has 1 atom stereocenters. The summed E-state index contributed by atoms with van der Waals surface area (Å²) in [5.41, 5.74) is 0.884. The maximum Gasteiger partial charge on any atom is 0.224 e. The summed E-state index contributed by atoms with van der Waals surface area (Å²) in [4.78, 5) is 8.57. The van der Waals surface area contributed by atoms with Gasteiger partial charge in [-0.1, -0.05) is 12.1 Å². The van der Waals surface area contributed by atoms with E-state index < -0.39 is 0 Å². The Morgan fingerprint density at radius 1 is 1.37 bits per heavy atom. The zero-order valence-electron chi connectivity index (χ0n) is 10.8. The quantitative estimate of drug-likeness (QED) is 0.869. The molecule has 5 heteroatoms. The fraction of sp³-hybridized carbons (Fsp3) is 0.429. The van der Waals surface area contributed by atoms with Crippen molar-refractivity contribution in [3.63, 3.8) is 0 Å². The van der Waals surface area contributed by atoms with E-state index in [0.717, 1.165) is 23.3 Å². The van der Waals surface area contributed by atoms with Crippen LogP contribution in [0.15, 0.2) is 24.3 Å². The van der Waals surface area contributed by atoms with Crippen LogP contribution >= 0.6 is 23.4 Å². The number of nitrogens with zero attached hydrogens (tertiary/aromatic N) is 2. The Morgan fingerprint density at radius 2 is 2.21 bits per heavy atom. The number of aromatic nitrogens is 2. The van der Waals surface area contributed by atoms with Crippen molar-refractivity contribution in [3.05, 3.63) is 29.5 Å². The highest BCUT2D eigenvalue weighted by Crippen LogP contribution is 2.38. The smallest absolute Gasteiger partial charge is 0.224 e. The fourth-order valence-corrected chi connectivity index (χ4v) is 3.85. The van der Waals surface area contributed by atoms with Gasteiger partial charge in [0.25, 0.3) is 0 Å². The van der Waals surface area contributed by atoms with Gasteiger partial charge < -0.3 is 5.32 Å². The molecular formula is C14H16ClN3S. The van der Waals surface area contributed by atoms with E-state index in [2.05, 4.69) is 22.2 Å². The maximum absolute atomic E-state index is 5.99. The van der Waals surface area contributed by atoms with Crippen LogP contribution in [0, 0.1) is 0 Å². The number of anilines is 1. The highest BCUT2D eigenvalue weighted by atomic mass is 35.5. The fourth-order valence-electron chi connectivity index (χ4n) is 2.43. The molecule has 2 heterocycles. The van der Waals surface area contributed by atoms with E-state index in [9.17, 15) is 0 Å². The van der Waals surface area contributed by atoms with Gasteiger partial charge in [-0.2, -0.15) is 11.8 Å². The van der Waals surface area contributed by atoms with Gasteiger partial charge in [0.05, 0.1) is 5.52 Å². The third-order valence-corrected chi connectivity index (χ3v) is 5.21. The Bertz CT molecular complexity index is 596. The summed E-state index contributed by atoms with van der Waals surface area (Å²) in [5.74, 6) is 2.09. The molecule has 0 bridgehead atoms. The van der Waals surface area contributed by atoms with Crippen LogP contribution in [-0.2, 0) is 0 Å². The summed E-state index contributed by atoms with van der Waals surface area (Å²) in [5, 5.41) is 4.78. The van der Waals surface area contributed by atoms with Crippen molar-refractivity contribution in [2.75, 3.05) is 17.6 Å². The molecule has 1 aromatic heterocycles. The van der Waals surface area contributed by atoms with Crippen LogP contribution in [0.5, 0.6) is 0 Å². The number of hydrogen-bond acceptors (Lipinski definition) is 4. The Hall–Kier alpha value is -1.00. The van der Waals surface area contributed by atoms with Crippen molar-refractivity contribution in [1.82, 2.24) is 9.97 Å². The minimum absolute atomic E-state index is 0.297. The molecule has 0 saturated carbocycles. The van der Waals surface area contributed by atoms with Gasteiger partial charge in [0.15, 0.2) is 0 Å². The highest BCUT2D eigenvalue weighted by Gasteiger charge is 2.29. The lowest BCUT2D eigenvalue weighted by atomic mass is 10.1. The second kappa shape index (κ2) is 5.17. The van der Waals surface area contributed by atoms with Gasteiger partial charge in [0.1, 0.15) is 5.82 Å². The third kappa shape index (κ3) is 2.79. The summed E-state index contributed by atoms with van der Waals surface area (Å²) in [7, 11) is 0. The molecule has 100 valence electrons. The van der Waals surface area contributed by atoms with Crippen molar-refractivity contribution in [2.45, 2.75) is 24.5 Å². The maximum atomic E-state index is 5.99. The molecule has 3 nitrogen and oxygen atoms in total. The standard InChI is InChI=1S/C14H16ClN3S/c1-14(7-4-8-19-14)9-16-12-10-5-2-3-6-11(10)17-13(15)18-12/h2-3,5-6H,4,7-9H2,1H3,(H,16,17,18). The van der Waals surface area contributed by atoms with E-state index in [1.165, 1.54) is 18.6 Å². The van der Waals surface area contributed by atoms with Gasteiger partial charge in [-0.3, -0.25) is 0 Å². The number of rotatable bonds is 3. The number of benzene rings is 1.